The highest BCUT2D eigenvalue weighted by Gasteiger charge is 2.43. The lowest BCUT2D eigenvalue weighted by molar-refractivity contribution is 0.0308. The van der Waals surface area contributed by atoms with Gasteiger partial charge in [-0.2, -0.15) is 5.26 Å². The van der Waals surface area contributed by atoms with Crippen LogP contribution in [-0.2, 0) is 0 Å². The van der Waals surface area contributed by atoms with Crippen molar-refractivity contribution in [2.45, 2.75) is 56.5 Å². The number of hydrogen-bond donors (Lipinski definition) is 2. The van der Waals surface area contributed by atoms with Crippen LogP contribution >= 0.6 is 0 Å². The lowest BCUT2D eigenvalue weighted by Gasteiger charge is -2.40. The van der Waals surface area contributed by atoms with Gasteiger partial charge in [0.1, 0.15) is 24.2 Å². The molecule has 174 valence electrons. The van der Waals surface area contributed by atoms with Gasteiger partial charge in [-0.3, -0.25) is 4.90 Å². The average molecular weight is 457 g/mol. The van der Waals surface area contributed by atoms with E-state index in [1.54, 1.807) is 25.1 Å². The third-order valence-corrected chi connectivity index (χ3v) is 6.35. The fourth-order valence-corrected chi connectivity index (χ4v) is 4.90. The summed E-state index contributed by atoms with van der Waals surface area (Å²) >= 11 is 0. The van der Waals surface area contributed by atoms with E-state index in [0.29, 0.717) is 30.8 Å². The van der Waals surface area contributed by atoms with E-state index in [1.165, 1.54) is 12.1 Å². The van der Waals surface area contributed by atoms with Crippen LogP contribution in [0.25, 0.3) is 0 Å². The number of carbonyl (C=O) groups is 1. The number of nitriles is 1. The lowest BCUT2D eigenvalue weighted by atomic mass is 9.96. The summed E-state index contributed by atoms with van der Waals surface area (Å²) in [7, 11) is 0. The molecule has 2 fully saturated rings. The summed E-state index contributed by atoms with van der Waals surface area (Å²) in [6.45, 7) is 2.32. The zero-order chi connectivity index (χ0) is 23.5. The highest BCUT2D eigenvalue weighted by atomic mass is 19.1. The van der Waals surface area contributed by atoms with Crippen LogP contribution in [0.4, 0.5) is 13.6 Å². The smallest absolute Gasteiger partial charge is 0.404 e. The Morgan fingerprint density at radius 3 is 2.67 bits per heavy atom. The van der Waals surface area contributed by atoms with Gasteiger partial charge in [0.25, 0.3) is 0 Å². The van der Waals surface area contributed by atoms with Crippen LogP contribution in [0, 0.1) is 24.1 Å². The molecule has 2 heterocycles. The summed E-state index contributed by atoms with van der Waals surface area (Å²) in [4.78, 5) is 13.1. The molecule has 2 aromatic rings. The van der Waals surface area contributed by atoms with Crippen molar-refractivity contribution in [3.8, 4) is 11.9 Å². The molecule has 0 bridgehead atoms. The van der Waals surface area contributed by atoms with Crippen molar-refractivity contribution in [2.75, 3.05) is 13.1 Å². The molecular formula is C23H25F2N5O3. The number of aromatic nitrogens is 2. The van der Waals surface area contributed by atoms with Crippen molar-refractivity contribution < 1.29 is 23.4 Å². The summed E-state index contributed by atoms with van der Waals surface area (Å²) in [5.74, 6) is 0.0411. The number of piperidine rings is 1. The SMILES string of the molecule is Cc1cc(C#N)nnc1OC1CC(c2ccc(F)cc2)CC1N1C[C@H](F)C[C@@H](NC(=O)O)C1. The van der Waals surface area contributed by atoms with Gasteiger partial charge in [0.15, 0.2) is 5.69 Å². The van der Waals surface area contributed by atoms with E-state index < -0.39 is 18.3 Å². The van der Waals surface area contributed by atoms with Crippen LogP contribution in [0.15, 0.2) is 30.3 Å². The van der Waals surface area contributed by atoms with E-state index >= 15 is 0 Å². The average Bonchev–Trinajstić information content (AvgIpc) is 3.18. The van der Waals surface area contributed by atoms with Gasteiger partial charge >= 0.3 is 6.09 Å². The van der Waals surface area contributed by atoms with Gasteiger partial charge < -0.3 is 15.2 Å². The van der Waals surface area contributed by atoms with Crippen molar-refractivity contribution in [2.24, 2.45) is 0 Å². The van der Waals surface area contributed by atoms with Gasteiger partial charge in [-0.05, 0) is 49.4 Å². The Morgan fingerprint density at radius 2 is 2.00 bits per heavy atom. The molecular weight excluding hydrogens is 432 g/mol. The number of rotatable bonds is 5. The molecule has 1 aliphatic carbocycles. The summed E-state index contributed by atoms with van der Waals surface area (Å²) < 4.78 is 34.2. The van der Waals surface area contributed by atoms with Gasteiger partial charge in [0.2, 0.25) is 5.88 Å². The lowest BCUT2D eigenvalue weighted by Crippen LogP contribution is -2.56. The maximum Gasteiger partial charge on any atom is 0.404 e. The fraction of sp³-hybridized carbons (Fsp3) is 0.478. The van der Waals surface area contributed by atoms with Crippen LogP contribution in [0.2, 0.25) is 0 Å². The Labute approximate surface area is 190 Å². The fourth-order valence-electron chi connectivity index (χ4n) is 4.90. The first-order valence-electron chi connectivity index (χ1n) is 10.9. The Balaban J connectivity index is 1.59. The zero-order valence-corrected chi connectivity index (χ0v) is 18.1. The molecule has 5 atom stereocenters. The molecule has 2 N–H and O–H groups in total. The maximum atomic E-state index is 14.5. The van der Waals surface area contributed by atoms with Crippen LogP contribution in [0.3, 0.4) is 0 Å². The van der Waals surface area contributed by atoms with Gasteiger partial charge in [0.05, 0.1) is 0 Å². The summed E-state index contributed by atoms with van der Waals surface area (Å²) in [5.41, 5.74) is 1.81. The van der Waals surface area contributed by atoms with Crippen molar-refractivity contribution in [1.82, 2.24) is 20.4 Å². The molecule has 1 saturated carbocycles. The number of aryl methyl sites for hydroxylation is 1. The third-order valence-electron chi connectivity index (χ3n) is 6.35. The molecule has 1 aromatic carbocycles. The van der Waals surface area contributed by atoms with E-state index in [2.05, 4.69) is 15.5 Å². The standard InChI is InChI=1S/C23H25F2N5O3/c1-13-6-18(10-26)28-29-22(13)33-21-8-15(14-2-4-16(24)5-3-14)7-20(21)30-11-17(25)9-19(12-30)27-23(31)32/h2-6,15,17,19-21,27H,7-9,11-12H2,1H3,(H,31,32)/t15?,17-,19-,20?,21?/m1/s1. The van der Waals surface area contributed by atoms with Crippen LogP contribution in [0.1, 0.15) is 42.0 Å². The minimum Gasteiger partial charge on any atom is -0.471 e. The Kier molecular flexibility index (Phi) is 6.70. The summed E-state index contributed by atoms with van der Waals surface area (Å²) in [6.07, 6.45) is -1.34. The Bertz CT molecular complexity index is 1050. The number of halogens is 2. The zero-order valence-electron chi connectivity index (χ0n) is 18.1. The second-order valence-corrected chi connectivity index (χ2v) is 8.71. The molecule has 2 aliphatic rings. The monoisotopic (exact) mass is 457 g/mol. The first-order valence-corrected chi connectivity index (χ1v) is 10.9. The second kappa shape index (κ2) is 9.67. The number of hydrogen-bond acceptors (Lipinski definition) is 6. The molecule has 4 rings (SSSR count). The predicted octanol–water partition coefficient (Wildman–Crippen LogP) is 3.17. The molecule has 3 unspecified atom stereocenters. The highest BCUT2D eigenvalue weighted by molar-refractivity contribution is 5.64. The Morgan fingerprint density at radius 1 is 1.24 bits per heavy atom. The molecule has 1 amide bonds. The van der Waals surface area contributed by atoms with E-state index in [-0.39, 0.29) is 42.5 Å². The normalized spacial score (nSPS) is 27.6. The minimum atomic E-state index is -1.18. The van der Waals surface area contributed by atoms with Gasteiger partial charge in [-0.25, -0.2) is 13.6 Å². The van der Waals surface area contributed by atoms with Gasteiger partial charge in [-0.15, -0.1) is 10.2 Å². The number of amides is 1. The van der Waals surface area contributed by atoms with E-state index in [1.807, 2.05) is 11.0 Å². The van der Waals surface area contributed by atoms with Crippen LogP contribution in [-0.4, -0.2) is 63.7 Å². The van der Waals surface area contributed by atoms with E-state index in [0.717, 1.165) is 5.56 Å². The van der Waals surface area contributed by atoms with Crippen molar-refractivity contribution in [1.29, 1.82) is 5.26 Å². The van der Waals surface area contributed by atoms with E-state index in [4.69, 9.17) is 15.1 Å². The van der Waals surface area contributed by atoms with Crippen molar-refractivity contribution >= 4 is 6.09 Å². The van der Waals surface area contributed by atoms with E-state index in [9.17, 15) is 13.6 Å². The van der Waals surface area contributed by atoms with Crippen LogP contribution < -0.4 is 10.1 Å². The van der Waals surface area contributed by atoms with Crippen molar-refractivity contribution in [3.05, 3.63) is 53.0 Å². The maximum absolute atomic E-state index is 14.5. The van der Waals surface area contributed by atoms with Crippen LogP contribution in [0.5, 0.6) is 5.88 Å². The summed E-state index contributed by atoms with van der Waals surface area (Å²) in [5, 5.41) is 28.4. The van der Waals surface area contributed by atoms with Gasteiger partial charge in [-0.1, -0.05) is 12.1 Å². The molecule has 1 aromatic heterocycles. The van der Waals surface area contributed by atoms with Crippen molar-refractivity contribution in [3.63, 3.8) is 0 Å². The molecule has 33 heavy (non-hydrogen) atoms. The first kappa shape index (κ1) is 22.9. The second-order valence-electron chi connectivity index (χ2n) is 8.71. The third kappa shape index (κ3) is 5.37. The molecule has 1 saturated heterocycles. The summed E-state index contributed by atoms with van der Waals surface area (Å²) in [6, 6.07) is 9.14. The number of carboxylic acid groups (broad SMARTS) is 1. The molecule has 10 heteroatoms. The molecule has 0 spiro atoms. The highest BCUT2D eigenvalue weighted by Crippen LogP contribution is 2.40. The quantitative estimate of drug-likeness (QED) is 0.709. The Hall–Kier alpha value is -3.32. The largest absolute Gasteiger partial charge is 0.471 e. The number of alkyl halides is 1. The molecule has 8 nitrogen and oxygen atoms in total. The number of benzene rings is 1. The first-order chi connectivity index (χ1) is 15.8. The topological polar surface area (TPSA) is 111 Å². The molecule has 1 aliphatic heterocycles. The molecule has 0 radical (unpaired) electrons. The number of ether oxygens (including phenoxy) is 1. The predicted molar refractivity (Wildman–Crippen MR) is 114 cm³/mol. The van der Waals surface area contributed by atoms with Gasteiger partial charge in [0, 0.05) is 37.2 Å². The number of likely N-dealkylation sites (tertiary alicyclic amines) is 1. The minimum absolute atomic E-state index is 0.0538. The number of nitrogens with one attached hydrogen (secondary N) is 1. The number of nitrogens with zero attached hydrogens (tertiary/aromatic N) is 4.